The second-order valence-corrected chi connectivity index (χ2v) is 3.24. The van der Waals surface area contributed by atoms with Crippen molar-refractivity contribution in [2.75, 3.05) is 6.61 Å². The molecular formula is C11H12FNO. The Labute approximate surface area is 82.2 Å². The van der Waals surface area contributed by atoms with E-state index in [0.717, 1.165) is 6.42 Å². The van der Waals surface area contributed by atoms with Crippen LogP contribution in [-0.4, -0.2) is 6.61 Å². The average Bonchev–Trinajstić information content (AvgIpc) is 2.70. The fourth-order valence-electron chi connectivity index (χ4n) is 1.53. The van der Waals surface area contributed by atoms with Gasteiger partial charge in [-0.3, -0.25) is 0 Å². The van der Waals surface area contributed by atoms with Crippen LogP contribution in [-0.2, 0) is 4.74 Å². The van der Waals surface area contributed by atoms with Crippen LogP contribution in [0, 0.1) is 5.82 Å². The lowest BCUT2D eigenvalue weighted by Gasteiger charge is -2.13. The van der Waals surface area contributed by atoms with Crippen LogP contribution < -0.4 is 5.73 Å². The molecule has 0 fully saturated rings. The van der Waals surface area contributed by atoms with Crippen LogP contribution in [0.2, 0.25) is 0 Å². The molecule has 0 aliphatic carbocycles. The van der Waals surface area contributed by atoms with Gasteiger partial charge >= 0.3 is 0 Å². The second-order valence-electron chi connectivity index (χ2n) is 3.24. The summed E-state index contributed by atoms with van der Waals surface area (Å²) in [5.74, 6) is 0.395. The van der Waals surface area contributed by atoms with Crippen molar-refractivity contribution in [3.8, 4) is 0 Å². The van der Waals surface area contributed by atoms with Crippen LogP contribution in [0.15, 0.2) is 36.1 Å². The Morgan fingerprint density at radius 1 is 1.36 bits per heavy atom. The number of rotatable bonds is 2. The third-order valence-electron chi connectivity index (χ3n) is 2.28. The standard InChI is InChI=1S/C11H12FNO/c12-9-5-2-1-4-8(9)11(13)10-6-3-7-14-10/h1-2,4-6,11H,3,7,13H2. The summed E-state index contributed by atoms with van der Waals surface area (Å²) in [4.78, 5) is 0. The molecule has 1 aliphatic rings. The molecule has 0 saturated heterocycles. The summed E-state index contributed by atoms with van der Waals surface area (Å²) in [5, 5.41) is 0. The Morgan fingerprint density at radius 2 is 2.14 bits per heavy atom. The smallest absolute Gasteiger partial charge is 0.128 e. The Balaban J connectivity index is 2.26. The van der Waals surface area contributed by atoms with E-state index in [1.165, 1.54) is 6.07 Å². The second kappa shape index (κ2) is 3.80. The van der Waals surface area contributed by atoms with E-state index in [0.29, 0.717) is 17.9 Å². The highest BCUT2D eigenvalue weighted by atomic mass is 19.1. The first-order valence-electron chi connectivity index (χ1n) is 4.62. The van der Waals surface area contributed by atoms with E-state index >= 15 is 0 Å². The topological polar surface area (TPSA) is 35.2 Å². The maximum Gasteiger partial charge on any atom is 0.128 e. The lowest BCUT2D eigenvalue weighted by molar-refractivity contribution is 0.224. The summed E-state index contributed by atoms with van der Waals surface area (Å²) in [5.41, 5.74) is 6.35. The Bertz CT molecular complexity index is 362. The van der Waals surface area contributed by atoms with Gasteiger partial charge in [-0.2, -0.15) is 0 Å². The van der Waals surface area contributed by atoms with Crippen LogP contribution in [0.25, 0.3) is 0 Å². The van der Waals surface area contributed by atoms with Crippen molar-refractivity contribution in [1.82, 2.24) is 0 Å². The lowest BCUT2D eigenvalue weighted by atomic mass is 10.1. The van der Waals surface area contributed by atoms with Gasteiger partial charge < -0.3 is 10.5 Å². The molecule has 0 radical (unpaired) electrons. The van der Waals surface area contributed by atoms with E-state index in [2.05, 4.69) is 0 Å². The summed E-state index contributed by atoms with van der Waals surface area (Å²) < 4.78 is 18.6. The molecule has 1 atom stereocenters. The first kappa shape index (κ1) is 9.21. The normalized spacial score (nSPS) is 17.4. The number of ether oxygens (including phenoxy) is 1. The first-order chi connectivity index (χ1) is 6.79. The van der Waals surface area contributed by atoms with Crippen molar-refractivity contribution >= 4 is 0 Å². The maximum absolute atomic E-state index is 13.3. The van der Waals surface area contributed by atoms with E-state index in [1.54, 1.807) is 18.2 Å². The van der Waals surface area contributed by atoms with Gasteiger partial charge in [0.1, 0.15) is 11.6 Å². The SMILES string of the molecule is NC(C1=CCCO1)c1ccccc1F. The molecule has 14 heavy (non-hydrogen) atoms. The fourth-order valence-corrected chi connectivity index (χ4v) is 1.53. The molecular weight excluding hydrogens is 181 g/mol. The van der Waals surface area contributed by atoms with Gasteiger partial charge in [-0.1, -0.05) is 18.2 Å². The van der Waals surface area contributed by atoms with Gasteiger partial charge in [0.15, 0.2) is 0 Å². The van der Waals surface area contributed by atoms with Crippen molar-refractivity contribution < 1.29 is 9.13 Å². The molecule has 1 heterocycles. The summed E-state index contributed by atoms with van der Waals surface area (Å²) in [7, 11) is 0. The largest absolute Gasteiger partial charge is 0.496 e. The summed E-state index contributed by atoms with van der Waals surface area (Å²) in [6.07, 6.45) is 2.77. The Kier molecular flexibility index (Phi) is 2.50. The molecule has 0 amide bonds. The van der Waals surface area contributed by atoms with Crippen LogP contribution in [0.4, 0.5) is 4.39 Å². The number of hydrogen-bond acceptors (Lipinski definition) is 2. The summed E-state index contributed by atoms with van der Waals surface area (Å²) >= 11 is 0. The van der Waals surface area contributed by atoms with Gasteiger partial charge in [0.2, 0.25) is 0 Å². The predicted octanol–water partition coefficient (Wildman–Crippen LogP) is 2.13. The number of hydrogen-bond donors (Lipinski definition) is 1. The van der Waals surface area contributed by atoms with Gasteiger partial charge in [0, 0.05) is 12.0 Å². The molecule has 2 nitrogen and oxygen atoms in total. The molecule has 1 aromatic carbocycles. The molecule has 1 aromatic rings. The third kappa shape index (κ3) is 1.63. The van der Waals surface area contributed by atoms with E-state index in [4.69, 9.17) is 10.5 Å². The Hall–Kier alpha value is -1.35. The van der Waals surface area contributed by atoms with Gasteiger partial charge in [0.05, 0.1) is 12.6 Å². The molecule has 1 aliphatic heterocycles. The van der Waals surface area contributed by atoms with Crippen molar-refractivity contribution in [1.29, 1.82) is 0 Å². The van der Waals surface area contributed by atoms with Gasteiger partial charge in [-0.25, -0.2) is 4.39 Å². The van der Waals surface area contributed by atoms with E-state index in [-0.39, 0.29) is 5.82 Å². The number of benzene rings is 1. The molecule has 74 valence electrons. The van der Waals surface area contributed by atoms with E-state index in [9.17, 15) is 4.39 Å². The van der Waals surface area contributed by atoms with Crippen molar-refractivity contribution in [3.63, 3.8) is 0 Å². The molecule has 0 spiro atoms. The third-order valence-corrected chi connectivity index (χ3v) is 2.28. The fraction of sp³-hybridized carbons (Fsp3) is 0.273. The monoisotopic (exact) mass is 193 g/mol. The molecule has 0 saturated carbocycles. The van der Waals surface area contributed by atoms with Gasteiger partial charge in [0.25, 0.3) is 0 Å². The molecule has 2 N–H and O–H groups in total. The highest BCUT2D eigenvalue weighted by Crippen LogP contribution is 2.25. The number of halogens is 1. The minimum atomic E-state index is -0.473. The molecule has 3 heteroatoms. The summed E-state index contributed by atoms with van der Waals surface area (Å²) in [6.45, 7) is 0.650. The molecule has 2 rings (SSSR count). The van der Waals surface area contributed by atoms with Crippen LogP contribution in [0.5, 0.6) is 0 Å². The lowest BCUT2D eigenvalue weighted by Crippen LogP contribution is -2.15. The zero-order valence-corrected chi connectivity index (χ0v) is 7.74. The first-order valence-corrected chi connectivity index (χ1v) is 4.62. The van der Waals surface area contributed by atoms with Crippen molar-refractivity contribution in [3.05, 3.63) is 47.5 Å². The quantitative estimate of drug-likeness (QED) is 0.780. The molecule has 0 aromatic heterocycles. The van der Waals surface area contributed by atoms with Crippen LogP contribution in [0.1, 0.15) is 18.0 Å². The van der Waals surface area contributed by atoms with Crippen LogP contribution >= 0.6 is 0 Å². The van der Waals surface area contributed by atoms with E-state index in [1.807, 2.05) is 6.08 Å². The van der Waals surface area contributed by atoms with Crippen LogP contribution in [0.3, 0.4) is 0 Å². The highest BCUT2D eigenvalue weighted by molar-refractivity contribution is 5.27. The van der Waals surface area contributed by atoms with Gasteiger partial charge in [-0.15, -0.1) is 0 Å². The van der Waals surface area contributed by atoms with Crippen molar-refractivity contribution in [2.45, 2.75) is 12.5 Å². The zero-order chi connectivity index (χ0) is 9.97. The molecule has 1 unspecified atom stereocenters. The maximum atomic E-state index is 13.3. The van der Waals surface area contributed by atoms with Crippen molar-refractivity contribution in [2.24, 2.45) is 5.73 Å². The number of nitrogens with two attached hydrogens (primary N) is 1. The van der Waals surface area contributed by atoms with E-state index < -0.39 is 6.04 Å². The zero-order valence-electron chi connectivity index (χ0n) is 7.74. The Morgan fingerprint density at radius 3 is 2.79 bits per heavy atom. The minimum Gasteiger partial charge on any atom is -0.496 e. The molecule has 0 bridgehead atoms. The highest BCUT2D eigenvalue weighted by Gasteiger charge is 2.18. The van der Waals surface area contributed by atoms with Gasteiger partial charge in [-0.05, 0) is 12.1 Å². The predicted molar refractivity (Wildman–Crippen MR) is 52.0 cm³/mol. The average molecular weight is 193 g/mol. The summed E-state index contributed by atoms with van der Waals surface area (Å²) in [6, 6.07) is 6.04. The minimum absolute atomic E-state index is 0.281.